The van der Waals surface area contributed by atoms with Gasteiger partial charge in [-0.3, -0.25) is 9.89 Å². The first kappa shape index (κ1) is 21.8. The van der Waals surface area contributed by atoms with Crippen molar-refractivity contribution in [2.24, 2.45) is 0 Å². The van der Waals surface area contributed by atoms with Crippen LogP contribution < -0.4 is 10.3 Å². The Hall–Kier alpha value is -4.05. The summed E-state index contributed by atoms with van der Waals surface area (Å²) in [7, 11) is 1.50. The largest absolute Gasteiger partial charge is 0.494 e. The Kier molecular flexibility index (Phi) is 5.58. The Balaban J connectivity index is 1.75. The van der Waals surface area contributed by atoms with Crippen LogP contribution in [0, 0.1) is 6.92 Å². The normalized spacial score (nSPS) is 11.7. The molecule has 0 radical (unpaired) electrons. The van der Waals surface area contributed by atoms with Gasteiger partial charge < -0.3 is 13.9 Å². The van der Waals surface area contributed by atoms with E-state index in [1.54, 1.807) is 18.2 Å². The molecule has 0 saturated carbocycles. The fourth-order valence-corrected chi connectivity index (χ4v) is 3.94. The van der Waals surface area contributed by atoms with Crippen LogP contribution >= 0.6 is 0 Å². The number of halogens is 2. The van der Waals surface area contributed by atoms with Crippen molar-refractivity contribution >= 4 is 16.7 Å². The molecule has 5 aromatic rings. The van der Waals surface area contributed by atoms with Gasteiger partial charge in [0.2, 0.25) is 5.89 Å². The predicted molar refractivity (Wildman–Crippen MR) is 121 cm³/mol. The van der Waals surface area contributed by atoms with Gasteiger partial charge in [-0.1, -0.05) is 36.4 Å². The van der Waals surface area contributed by atoms with E-state index in [1.165, 1.54) is 11.6 Å². The van der Waals surface area contributed by atoms with Crippen molar-refractivity contribution in [2.45, 2.75) is 20.0 Å². The van der Waals surface area contributed by atoms with Gasteiger partial charge in [-0.05, 0) is 24.6 Å². The number of hydrogen-bond donors (Lipinski definition) is 1. The fraction of sp³-hybridized carbons (Fsp3) is 0.208. The maximum Gasteiger partial charge on any atom is 0.285 e. The first-order valence-corrected chi connectivity index (χ1v) is 10.5. The van der Waals surface area contributed by atoms with Crippen molar-refractivity contribution in [3.63, 3.8) is 0 Å². The molecule has 10 heteroatoms. The minimum Gasteiger partial charge on any atom is -0.494 e. The first-order chi connectivity index (χ1) is 16.5. The highest BCUT2D eigenvalue weighted by atomic mass is 19.3. The number of rotatable bonds is 7. The summed E-state index contributed by atoms with van der Waals surface area (Å²) in [5.41, 5.74) is 3.15. The summed E-state index contributed by atoms with van der Waals surface area (Å²) >= 11 is 0. The highest BCUT2D eigenvalue weighted by molar-refractivity contribution is 5.83. The molecule has 0 aliphatic carbocycles. The predicted octanol–water partition coefficient (Wildman–Crippen LogP) is 4.60. The quantitative estimate of drug-likeness (QED) is 0.377. The van der Waals surface area contributed by atoms with Gasteiger partial charge >= 0.3 is 0 Å². The van der Waals surface area contributed by atoms with Crippen molar-refractivity contribution in [1.82, 2.24) is 19.6 Å². The zero-order chi connectivity index (χ0) is 23.8. The standard InChI is InChI=1S/C24H20F2N4O4/c1-13-19(14-7-4-3-5-8-14)22-27-15(11-33-12-18(25)26)20(24(31)30(22)29-13)23-28-21-16(32-2)9-6-10-17(21)34-23/h3-10,18,29H,11-12H2,1-2H3. The molecular formula is C24H20F2N4O4. The number of hydrogen-bond acceptors (Lipinski definition) is 6. The molecule has 2 aromatic carbocycles. The van der Waals surface area contributed by atoms with E-state index in [2.05, 4.69) is 15.1 Å². The van der Waals surface area contributed by atoms with E-state index in [0.29, 0.717) is 28.2 Å². The number of nitrogens with one attached hydrogen (secondary N) is 1. The summed E-state index contributed by atoms with van der Waals surface area (Å²) in [5.74, 6) is 0.467. The second-order valence-electron chi connectivity index (χ2n) is 7.61. The number of benzene rings is 2. The molecule has 0 saturated heterocycles. The van der Waals surface area contributed by atoms with Gasteiger partial charge in [0.05, 0.1) is 19.4 Å². The summed E-state index contributed by atoms with van der Waals surface area (Å²) in [6.07, 6.45) is -2.66. The molecule has 0 fully saturated rings. The minimum atomic E-state index is -2.66. The average Bonchev–Trinajstić information content (AvgIpc) is 3.40. The molecule has 3 aromatic heterocycles. The summed E-state index contributed by atoms with van der Waals surface area (Å²) < 4.78 is 43.1. The minimum absolute atomic E-state index is 0.00411. The molecular weight excluding hydrogens is 446 g/mol. The lowest BCUT2D eigenvalue weighted by atomic mass is 10.1. The zero-order valence-electron chi connectivity index (χ0n) is 18.3. The molecule has 8 nitrogen and oxygen atoms in total. The number of aryl methyl sites for hydroxylation is 1. The van der Waals surface area contributed by atoms with Crippen LogP contribution in [-0.2, 0) is 11.3 Å². The number of para-hydroxylation sites is 1. The van der Waals surface area contributed by atoms with E-state index in [-0.39, 0.29) is 23.8 Å². The van der Waals surface area contributed by atoms with Crippen molar-refractivity contribution in [3.8, 4) is 28.3 Å². The third-order valence-electron chi connectivity index (χ3n) is 5.40. The molecule has 0 aliphatic rings. The SMILES string of the molecule is COc1cccc2oc(-c3c(COCC(F)F)nc4c(-c5ccccc5)c(C)[nH]n4c3=O)nc12. The summed E-state index contributed by atoms with van der Waals surface area (Å²) in [6, 6.07) is 14.6. The molecule has 34 heavy (non-hydrogen) atoms. The Bertz CT molecular complexity index is 1540. The van der Waals surface area contributed by atoms with Gasteiger partial charge in [-0.2, -0.15) is 0 Å². The fourth-order valence-electron chi connectivity index (χ4n) is 3.94. The summed E-state index contributed by atoms with van der Waals surface area (Å²) in [6.45, 7) is 0.715. The molecule has 3 heterocycles. The first-order valence-electron chi connectivity index (χ1n) is 10.5. The lowest BCUT2D eigenvalue weighted by Crippen LogP contribution is -2.21. The van der Waals surface area contributed by atoms with Crippen molar-refractivity contribution in [2.75, 3.05) is 13.7 Å². The van der Waals surface area contributed by atoms with Crippen LogP contribution in [0.3, 0.4) is 0 Å². The van der Waals surface area contributed by atoms with Crippen molar-refractivity contribution < 1.29 is 22.7 Å². The molecule has 0 aliphatic heterocycles. The molecule has 0 atom stereocenters. The smallest absolute Gasteiger partial charge is 0.285 e. The Morgan fingerprint density at radius 2 is 1.88 bits per heavy atom. The van der Waals surface area contributed by atoms with E-state index in [0.717, 1.165) is 11.1 Å². The van der Waals surface area contributed by atoms with E-state index >= 15 is 0 Å². The van der Waals surface area contributed by atoms with Gasteiger partial charge in [0.25, 0.3) is 12.0 Å². The number of nitrogens with zero attached hydrogens (tertiary/aromatic N) is 3. The van der Waals surface area contributed by atoms with Gasteiger partial charge in [0, 0.05) is 11.3 Å². The van der Waals surface area contributed by atoms with Crippen LogP contribution in [0.5, 0.6) is 5.75 Å². The Morgan fingerprint density at radius 1 is 1.09 bits per heavy atom. The second kappa shape index (κ2) is 8.71. The molecule has 0 unspecified atom stereocenters. The van der Waals surface area contributed by atoms with Crippen molar-refractivity contribution in [1.29, 1.82) is 0 Å². The third-order valence-corrected chi connectivity index (χ3v) is 5.40. The van der Waals surface area contributed by atoms with Gasteiger partial charge in [0.1, 0.15) is 17.9 Å². The lowest BCUT2D eigenvalue weighted by molar-refractivity contribution is 0.00896. The van der Waals surface area contributed by atoms with Crippen LogP contribution in [-0.4, -0.2) is 39.7 Å². The van der Waals surface area contributed by atoms with Gasteiger partial charge in [0.15, 0.2) is 16.7 Å². The summed E-state index contributed by atoms with van der Waals surface area (Å²) in [4.78, 5) is 22.7. The van der Waals surface area contributed by atoms with Crippen LogP contribution in [0.15, 0.2) is 57.7 Å². The number of fused-ring (bicyclic) bond motifs is 2. The monoisotopic (exact) mass is 466 g/mol. The summed E-state index contributed by atoms with van der Waals surface area (Å²) in [5, 5.41) is 3.05. The number of methoxy groups -OCH3 is 1. The number of oxazole rings is 1. The van der Waals surface area contributed by atoms with E-state index in [9.17, 15) is 13.6 Å². The van der Waals surface area contributed by atoms with Crippen LogP contribution in [0.2, 0.25) is 0 Å². The lowest BCUT2D eigenvalue weighted by Gasteiger charge is -2.08. The number of alkyl halides is 2. The number of H-pyrrole nitrogens is 1. The Morgan fingerprint density at radius 3 is 2.62 bits per heavy atom. The molecule has 0 amide bonds. The maximum atomic E-state index is 13.6. The number of aromatic amines is 1. The van der Waals surface area contributed by atoms with E-state index in [1.807, 2.05) is 37.3 Å². The molecule has 5 rings (SSSR count). The highest BCUT2D eigenvalue weighted by Crippen LogP contribution is 2.32. The average molecular weight is 466 g/mol. The third kappa shape index (κ3) is 3.71. The van der Waals surface area contributed by atoms with Crippen LogP contribution in [0.4, 0.5) is 8.78 Å². The number of ether oxygens (including phenoxy) is 2. The molecule has 0 bridgehead atoms. The topological polar surface area (TPSA) is 94.6 Å². The van der Waals surface area contributed by atoms with Gasteiger partial charge in [-0.25, -0.2) is 23.3 Å². The Labute approximate surface area is 191 Å². The van der Waals surface area contributed by atoms with Gasteiger partial charge in [-0.15, -0.1) is 0 Å². The molecule has 174 valence electrons. The van der Waals surface area contributed by atoms with Crippen LogP contribution in [0.1, 0.15) is 11.4 Å². The van der Waals surface area contributed by atoms with Crippen molar-refractivity contribution in [3.05, 3.63) is 70.3 Å². The highest BCUT2D eigenvalue weighted by Gasteiger charge is 2.24. The molecule has 1 N–H and O–H groups in total. The van der Waals surface area contributed by atoms with Crippen LogP contribution in [0.25, 0.3) is 39.3 Å². The molecule has 0 spiro atoms. The number of aromatic nitrogens is 4. The maximum absolute atomic E-state index is 13.6. The van der Waals surface area contributed by atoms with E-state index in [4.69, 9.17) is 13.9 Å². The van der Waals surface area contributed by atoms with E-state index < -0.39 is 18.6 Å². The second-order valence-corrected chi connectivity index (χ2v) is 7.61. The zero-order valence-corrected chi connectivity index (χ0v) is 18.3.